The van der Waals surface area contributed by atoms with Crippen LogP contribution in [-0.4, -0.2) is 0 Å². The smallest absolute Gasteiger partial charge is 0.0315 e. The summed E-state index contributed by atoms with van der Waals surface area (Å²) in [6, 6.07) is 7.09. The maximum atomic E-state index is 5.37. The van der Waals surface area contributed by atoms with Crippen LogP contribution in [0.3, 0.4) is 0 Å². The van der Waals surface area contributed by atoms with Crippen LogP contribution in [-0.2, 0) is 0 Å². The van der Waals surface area contributed by atoms with Crippen LogP contribution < -0.4 is 11.5 Å². The summed E-state index contributed by atoms with van der Waals surface area (Å²) < 4.78 is 0. The van der Waals surface area contributed by atoms with Crippen molar-refractivity contribution < 1.29 is 35.6 Å². The van der Waals surface area contributed by atoms with E-state index in [0.717, 1.165) is 11.4 Å². The van der Waals surface area contributed by atoms with Gasteiger partial charge in [-0.2, -0.15) is 0 Å². The predicted octanol–water partition coefficient (Wildman–Crippen LogP) is 0.851. The molecule has 1 radical (unpaired) electrons. The fourth-order valence-electron chi connectivity index (χ4n) is 0.496. The number of anilines is 2. The molecule has 0 unspecified atom stereocenters. The van der Waals surface area contributed by atoms with Crippen molar-refractivity contribution in [2.75, 3.05) is 11.5 Å². The minimum absolute atomic E-state index is 0. The van der Waals surface area contributed by atoms with E-state index in [1.165, 1.54) is 0 Å². The topological polar surface area (TPSA) is 52.0 Å². The molecule has 0 saturated heterocycles. The molecule has 0 spiro atoms. The van der Waals surface area contributed by atoms with Gasteiger partial charge in [-0.25, -0.2) is 0 Å². The Balaban J connectivity index is 0.000000640. The molecule has 0 aliphatic heterocycles. The van der Waals surface area contributed by atoms with Crippen molar-refractivity contribution in [2.24, 2.45) is 0 Å². The van der Waals surface area contributed by atoms with Crippen molar-refractivity contribution in [1.82, 2.24) is 0 Å². The van der Waals surface area contributed by atoms with Gasteiger partial charge >= 0.3 is 0 Å². The first-order chi connectivity index (χ1) is 3.79. The van der Waals surface area contributed by atoms with Gasteiger partial charge in [-0.05, 0) is 24.3 Å². The standard InChI is InChI=1S/C6H8N2.La/c7-5-1-2-6(8)4-3-5;/h1-4H,7-8H2;. The van der Waals surface area contributed by atoms with E-state index in [1.54, 1.807) is 24.3 Å². The van der Waals surface area contributed by atoms with E-state index in [0.29, 0.717) is 0 Å². The molecule has 1 aromatic rings. The van der Waals surface area contributed by atoms with Crippen molar-refractivity contribution in [1.29, 1.82) is 0 Å². The van der Waals surface area contributed by atoms with Crippen LogP contribution >= 0.6 is 0 Å². The summed E-state index contributed by atoms with van der Waals surface area (Å²) in [5.74, 6) is 0. The average Bonchev–Trinajstić information content (AvgIpc) is 1.77. The summed E-state index contributed by atoms with van der Waals surface area (Å²) in [7, 11) is 0. The van der Waals surface area contributed by atoms with E-state index in [-0.39, 0.29) is 35.6 Å². The van der Waals surface area contributed by atoms with E-state index in [1.807, 2.05) is 0 Å². The van der Waals surface area contributed by atoms with Crippen LogP contribution in [0.2, 0.25) is 0 Å². The molecule has 0 atom stereocenters. The molecule has 4 N–H and O–H groups in total. The third kappa shape index (κ3) is 2.89. The minimum Gasteiger partial charge on any atom is -0.399 e. The molecule has 0 bridgehead atoms. The Hall–Kier alpha value is 0.0148. The molecule has 0 saturated carbocycles. The molecule has 0 aliphatic rings. The first-order valence-corrected chi connectivity index (χ1v) is 2.40. The van der Waals surface area contributed by atoms with Gasteiger partial charge in [0.2, 0.25) is 0 Å². The SMILES string of the molecule is Nc1ccc(N)cc1.[La]. The molecule has 2 nitrogen and oxygen atoms in total. The van der Waals surface area contributed by atoms with E-state index in [4.69, 9.17) is 11.5 Å². The van der Waals surface area contributed by atoms with Crippen molar-refractivity contribution >= 4 is 11.4 Å². The zero-order valence-corrected chi connectivity index (χ0v) is 8.67. The normalized spacial score (nSPS) is 8.00. The van der Waals surface area contributed by atoms with Gasteiger partial charge in [-0.1, -0.05) is 0 Å². The first-order valence-electron chi connectivity index (χ1n) is 2.40. The van der Waals surface area contributed by atoms with Crippen LogP contribution in [0.25, 0.3) is 0 Å². The third-order valence-corrected chi connectivity index (χ3v) is 0.936. The van der Waals surface area contributed by atoms with Gasteiger partial charge in [0.1, 0.15) is 0 Å². The summed E-state index contributed by atoms with van der Waals surface area (Å²) in [6.45, 7) is 0. The maximum absolute atomic E-state index is 5.37. The quantitative estimate of drug-likeness (QED) is 0.668. The largest absolute Gasteiger partial charge is 0.399 e. The molecule has 0 aromatic heterocycles. The number of nitrogens with two attached hydrogens (primary N) is 2. The molecule has 9 heavy (non-hydrogen) atoms. The van der Waals surface area contributed by atoms with Crippen LogP contribution in [0.4, 0.5) is 11.4 Å². The summed E-state index contributed by atoms with van der Waals surface area (Å²) in [5.41, 5.74) is 12.2. The molecular formula is C6H8LaN2. The van der Waals surface area contributed by atoms with E-state index < -0.39 is 0 Å². The average molecular weight is 247 g/mol. The van der Waals surface area contributed by atoms with E-state index >= 15 is 0 Å². The van der Waals surface area contributed by atoms with Gasteiger partial charge in [0.25, 0.3) is 0 Å². The van der Waals surface area contributed by atoms with Crippen molar-refractivity contribution in [2.45, 2.75) is 0 Å². The van der Waals surface area contributed by atoms with Crippen LogP contribution in [0.15, 0.2) is 24.3 Å². The van der Waals surface area contributed by atoms with Gasteiger partial charge in [-0.15, -0.1) is 0 Å². The van der Waals surface area contributed by atoms with E-state index in [2.05, 4.69) is 0 Å². The molecule has 0 amide bonds. The number of benzene rings is 1. The summed E-state index contributed by atoms with van der Waals surface area (Å²) in [4.78, 5) is 0. The minimum atomic E-state index is 0. The number of hydrogen-bond acceptors (Lipinski definition) is 2. The molecule has 1 rings (SSSR count). The zero-order chi connectivity index (χ0) is 5.98. The second-order valence-electron chi connectivity index (χ2n) is 1.67. The van der Waals surface area contributed by atoms with Gasteiger partial charge in [0.05, 0.1) is 0 Å². The maximum Gasteiger partial charge on any atom is 0.0315 e. The van der Waals surface area contributed by atoms with Gasteiger partial charge in [0.15, 0.2) is 0 Å². The van der Waals surface area contributed by atoms with Gasteiger partial charge < -0.3 is 11.5 Å². The fraction of sp³-hybridized carbons (Fsp3) is 0. The second kappa shape index (κ2) is 3.93. The summed E-state index contributed by atoms with van der Waals surface area (Å²) in [6.07, 6.45) is 0. The van der Waals surface area contributed by atoms with Gasteiger partial charge in [0, 0.05) is 47.0 Å². The first kappa shape index (κ1) is 9.01. The molecule has 0 heterocycles. The summed E-state index contributed by atoms with van der Waals surface area (Å²) >= 11 is 0. The van der Waals surface area contributed by atoms with Crippen LogP contribution in [0.1, 0.15) is 0 Å². The van der Waals surface area contributed by atoms with Crippen LogP contribution in [0.5, 0.6) is 0 Å². The molecule has 0 fully saturated rings. The second-order valence-corrected chi connectivity index (χ2v) is 1.67. The Bertz CT molecular complexity index is 150. The molecule has 3 heteroatoms. The Labute approximate surface area is 82.2 Å². The molecular weight excluding hydrogens is 239 g/mol. The van der Waals surface area contributed by atoms with Crippen molar-refractivity contribution in [3.63, 3.8) is 0 Å². The van der Waals surface area contributed by atoms with E-state index in [9.17, 15) is 0 Å². The van der Waals surface area contributed by atoms with Crippen molar-refractivity contribution in [3.05, 3.63) is 24.3 Å². The Kier molecular flexibility index (Phi) is 3.94. The zero-order valence-electron chi connectivity index (χ0n) is 5.04. The third-order valence-electron chi connectivity index (χ3n) is 0.936. The number of hydrogen-bond donors (Lipinski definition) is 2. The monoisotopic (exact) mass is 247 g/mol. The van der Waals surface area contributed by atoms with Crippen molar-refractivity contribution in [3.8, 4) is 0 Å². The number of rotatable bonds is 0. The van der Waals surface area contributed by atoms with Crippen LogP contribution in [0, 0.1) is 35.6 Å². The molecule has 0 aliphatic carbocycles. The Morgan fingerprint density at radius 3 is 1.22 bits per heavy atom. The Morgan fingerprint density at radius 1 is 0.778 bits per heavy atom. The molecule has 1 aromatic carbocycles. The predicted molar refractivity (Wildman–Crippen MR) is 35.3 cm³/mol. The Morgan fingerprint density at radius 2 is 1.00 bits per heavy atom. The number of nitrogen functional groups attached to an aromatic ring is 2. The fourth-order valence-corrected chi connectivity index (χ4v) is 0.496. The molecule has 45 valence electrons. The van der Waals surface area contributed by atoms with Gasteiger partial charge in [-0.3, -0.25) is 0 Å². The summed E-state index contributed by atoms with van der Waals surface area (Å²) in [5, 5.41) is 0.